The summed E-state index contributed by atoms with van der Waals surface area (Å²) in [5.74, 6) is 1.76. The van der Waals surface area contributed by atoms with Crippen LogP contribution in [0.3, 0.4) is 0 Å². The van der Waals surface area contributed by atoms with E-state index in [4.69, 9.17) is 16.0 Å². The van der Waals surface area contributed by atoms with Crippen molar-refractivity contribution in [3.63, 3.8) is 0 Å². The number of hydrogen-bond donors (Lipinski definition) is 2. The third kappa shape index (κ3) is 3.05. The summed E-state index contributed by atoms with van der Waals surface area (Å²) in [5.41, 5.74) is 2.32. The highest BCUT2D eigenvalue weighted by Gasteiger charge is 2.15. The Labute approximate surface area is 165 Å². The van der Waals surface area contributed by atoms with Gasteiger partial charge in [-0.25, -0.2) is 9.97 Å². The standard InChI is InChI=1S/C18H11ClN4O2S2/c19-9-3-4-11-12(6-9)21-18(20-11)27-8-14-22-16(24)15-10(7-26-17(15)23-14)13-2-1-5-25-13/h1-7H,8H2,(H,20,21)(H,22,23,24). The summed E-state index contributed by atoms with van der Waals surface area (Å²) in [7, 11) is 0. The van der Waals surface area contributed by atoms with Crippen molar-refractivity contribution >= 4 is 55.9 Å². The molecule has 5 aromatic rings. The second-order valence-corrected chi connectivity index (χ2v) is 8.07. The minimum atomic E-state index is -0.167. The van der Waals surface area contributed by atoms with Crippen LogP contribution in [0.2, 0.25) is 5.02 Å². The van der Waals surface area contributed by atoms with E-state index in [1.54, 1.807) is 18.4 Å². The van der Waals surface area contributed by atoms with E-state index in [1.807, 2.05) is 23.6 Å². The van der Waals surface area contributed by atoms with Gasteiger partial charge < -0.3 is 14.4 Å². The third-order valence-corrected chi connectivity index (χ3v) is 6.04. The number of thiophene rings is 1. The molecule has 4 aromatic heterocycles. The number of halogens is 1. The summed E-state index contributed by atoms with van der Waals surface area (Å²) in [4.78, 5) is 28.5. The number of thioether (sulfide) groups is 1. The molecule has 5 rings (SSSR count). The Morgan fingerprint density at radius 1 is 1.22 bits per heavy atom. The maximum Gasteiger partial charge on any atom is 0.260 e. The van der Waals surface area contributed by atoms with Gasteiger partial charge in [0, 0.05) is 16.0 Å². The van der Waals surface area contributed by atoms with E-state index in [1.165, 1.54) is 23.1 Å². The Kier molecular flexibility index (Phi) is 4.04. The normalized spacial score (nSPS) is 11.6. The summed E-state index contributed by atoms with van der Waals surface area (Å²) in [6, 6.07) is 9.14. The van der Waals surface area contributed by atoms with Crippen molar-refractivity contribution in [2.75, 3.05) is 0 Å². The summed E-state index contributed by atoms with van der Waals surface area (Å²) in [5, 5.41) is 3.86. The molecule has 0 amide bonds. The van der Waals surface area contributed by atoms with E-state index < -0.39 is 0 Å². The van der Waals surface area contributed by atoms with Crippen LogP contribution in [0.15, 0.2) is 56.3 Å². The van der Waals surface area contributed by atoms with Crippen LogP contribution in [-0.2, 0) is 5.75 Å². The number of nitrogens with one attached hydrogen (secondary N) is 2. The molecule has 4 heterocycles. The molecule has 134 valence electrons. The maximum absolute atomic E-state index is 12.6. The fourth-order valence-electron chi connectivity index (χ4n) is 2.84. The van der Waals surface area contributed by atoms with Gasteiger partial charge in [0.2, 0.25) is 0 Å². The van der Waals surface area contributed by atoms with Gasteiger partial charge in [0.05, 0.1) is 28.4 Å². The topological polar surface area (TPSA) is 87.6 Å². The van der Waals surface area contributed by atoms with E-state index >= 15 is 0 Å². The fourth-order valence-corrected chi connectivity index (χ4v) is 4.71. The predicted molar refractivity (Wildman–Crippen MR) is 109 cm³/mol. The zero-order valence-electron chi connectivity index (χ0n) is 13.7. The maximum atomic E-state index is 12.6. The number of aromatic amines is 2. The molecule has 0 aliphatic carbocycles. The molecular weight excluding hydrogens is 404 g/mol. The van der Waals surface area contributed by atoms with Crippen molar-refractivity contribution in [3.8, 4) is 11.3 Å². The first-order valence-electron chi connectivity index (χ1n) is 8.00. The number of fused-ring (bicyclic) bond motifs is 2. The van der Waals surface area contributed by atoms with Crippen LogP contribution in [0.1, 0.15) is 5.82 Å². The molecule has 0 aliphatic heterocycles. The molecule has 0 radical (unpaired) electrons. The number of nitrogens with zero attached hydrogens (tertiary/aromatic N) is 2. The van der Waals surface area contributed by atoms with Crippen molar-refractivity contribution in [1.29, 1.82) is 0 Å². The van der Waals surface area contributed by atoms with Crippen LogP contribution in [0.5, 0.6) is 0 Å². The van der Waals surface area contributed by atoms with Crippen molar-refractivity contribution in [2.24, 2.45) is 0 Å². The molecule has 0 unspecified atom stereocenters. The van der Waals surface area contributed by atoms with Crippen molar-refractivity contribution in [2.45, 2.75) is 10.9 Å². The number of imidazole rings is 1. The van der Waals surface area contributed by atoms with Crippen LogP contribution in [0.4, 0.5) is 0 Å². The molecule has 0 bridgehead atoms. The largest absolute Gasteiger partial charge is 0.464 e. The van der Waals surface area contributed by atoms with E-state index in [9.17, 15) is 4.79 Å². The molecule has 0 fully saturated rings. The SMILES string of the molecule is O=c1[nH]c(CSc2nc3ccc(Cl)cc3[nH]2)nc2scc(-c3ccco3)c12. The van der Waals surface area contributed by atoms with Crippen LogP contribution in [0, 0.1) is 0 Å². The summed E-state index contributed by atoms with van der Waals surface area (Å²) >= 11 is 8.90. The highest BCUT2D eigenvalue weighted by Crippen LogP contribution is 2.31. The highest BCUT2D eigenvalue weighted by atomic mass is 35.5. The number of aromatic nitrogens is 4. The average molecular weight is 415 g/mol. The number of hydrogen-bond acceptors (Lipinski definition) is 6. The molecule has 1 aromatic carbocycles. The minimum absolute atomic E-state index is 0.167. The Bertz CT molecular complexity index is 1320. The van der Waals surface area contributed by atoms with E-state index in [0.29, 0.717) is 32.6 Å². The number of H-pyrrole nitrogens is 2. The van der Waals surface area contributed by atoms with Crippen molar-refractivity contribution in [3.05, 3.63) is 63.2 Å². The molecule has 9 heteroatoms. The Hall–Kier alpha value is -2.55. The number of rotatable bonds is 4. The van der Waals surface area contributed by atoms with Gasteiger partial charge in [-0.3, -0.25) is 4.79 Å². The van der Waals surface area contributed by atoms with E-state index in [0.717, 1.165) is 21.8 Å². The second kappa shape index (κ2) is 6.56. The van der Waals surface area contributed by atoms with Crippen LogP contribution >= 0.6 is 34.7 Å². The van der Waals surface area contributed by atoms with E-state index in [-0.39, 0.29) is 5.56 Å². The Morgan fingerprint density at radius 3 is 3.00 bits per heavy atom. The molecule has 0 atom stereocenters. The van der Waals surface area contributed by atoms with Gasteiger partial charge in [-0.15, -0.1) is 11.3 Å². The zero-order chi connectivity index (χ0) is 18.4. The van der Waals surface area contributed by atoms with E-state index in [2.05, 4.69) is 19.9 Å². The predicted octanol–water partition coefficient (Wildman–Crippen LogP) is 5.07. The fraction of sp³-hybridized carbons (Fsp3) is 0.0556. The van der Waals surface area contributed by atoms with Crippen LogP contribution in [-0.4, -0.2) is 19.9 Å². The molecule has 0 saturated carbocycles. The zero-order valence-corrected chi connectivity index (χ0v) is 16.0. The molecule has 0 spiro atoms. The molecule has 27 heavy (non-hydrogen) atoms. The van der Waals surface area contributed by atoms with Gasteiger partial charge in [-0.1, -0.05) is 23.4 Å². The van der Waals surface area contributed by atoms with Gasteiger partial charge in [-0.05, 0) is 30.3 Å². The lowest BCUT2D eigenvalue weighted by Crippen LogP contribution is -2.10. The molecule has 2 N–H and O–H groups in total. The third-order valence-electron chi connectivity index (χ3n) is 4.05. The molecule has 0 saturated heterocycles. The molecule has 0 aliphatic rings. The molecular formula is C18H11ClN4O2S2. The first-order valence-corrected chi connectivity index (χ1v) is 10.2. The number of benzene rings is 1. The lowest BCUT2D eigenvalue weighted by molar-refractivity contribution is 0.583. The molecule has 6 nitrogen and oxygen atoms in total. The van der Waals surface area contributed by atoms with Gasteiger partial charge in [0.15, 0.2) is 5.16 Å². The van der Waals surface area contributed by atoms with Crippen LogP contribution < -0.4 is 5.56 Å². The van der Waals surface area contributed by atoms with Gasteiger partial charge in [-0.2, -0.15) is 0 Å². The van der Waals surface area contributed by atoms with Crippen molar-refractivity contribution in [1.82, 2.24) is 19.9 Å². The Balaban J connectivity index is 1.44. The average Bonchev–Trinajstić information content (AvgIpc) is 3.38. The second-order valence-electron chi connectivity index (χ2n) is 5.81. The van der Waals surface area contributed by atoms with Gasteiger partial charge in [0.25, 0.3) is 5.56 Å². The summed E-state index contributed by atoms with van der Waals surface area (Å²) in [6.45, 7) is 0. The minimum Gasteiger partial charge on any atom is -0.464 e. The first kappa shape index (κ1) is 16.6. The smallest absolute Gasteiger partial charge is 0.260 e. The lowest BCUT2D eigenvalue weighted by atomic mass is 10.2. The number of furan rings is 1. The van der Waals surface area contributed by atoms with Crippen LogP contribution in [0.25, 0.3) is 32.6 Å². The summed E-state index contributed by atoms with van der Waals surface area (Å²) < 4.78 is 5.41. The van der Waals surface area contributed by atoms with Gasteiger partial charge >= 0.3 is 0 Å². The Morgan fingerprint density at radius 2 is 2.15 bits per heavy atom. The highest BCUT2D eigenvalue weighted by molar-refractivity contribution is 7.98. The monoisotopic (exact) mass is 414 g/mol. The van der Waals surface area contributed by atoms with Crippen molar-refractivity contribution < 1.29 is 4.42 Å². The lowest BCUT2D eigenvalue weighted by Gasteiger charge is -2.00. The quantitative estimate of drug-likeness (QED) is 0.401. The van der Waals surface area contributed by atoms with Gasteiger partial charge in [0.1, 0.15) is 16.4 Å². The summed E-state index contributed by atoms with van der Waals surface area (Å²) in [6.07, 6.45) is 1.59. The first-order chi connectivity index (χ1) is 13.2.